The van der Waals surface area contributed by atoms with Crippen molar-refractivity contribution in [1.82, 2.24) is 0 Å². The first kappa shape index (κ1) is 14.8. The Morgan fingerprint density at radius 1 is 1.22 bits per heavy atom. The molecule has 0 radical (unpaired) electrons. The second kappa shape index (κ2) is 6.61. The van der Waals surface area contributed by atoms with Crippen LogP contribution in [0.5, 0.6) is 5.75 Å². The molecule has 0 aromatic heterocycles. The topological polar surface area (TPSA) is 52.6 Å². The molecule has 6 heteroatoms. The van der Waals surface area contributed by atoms with Gasteiger partial charge in [0.2, 0.25) is 0 Å². The Hall–Kier alpha value is -1.26. The number of methoxy groups -OCH3 is 1. The van der Waals surface area contributed by atoms with Gasteiger partial charge in [-0.05, 0) is 24.6 Å². The lowest BCUT2D eigenvalue weighted by molar-refractivity contribution is -0.142. The number of carbonyl (C=O) groups excluding carboxylic acids is 2. The summed E-state index contributed by atoms with van der Waals surface area (Å²) in [5, 5.41) is 0.505. The third-order valence-electron chi connectivity index (χ3n) is 2.07. The summed E-state index contributed by atoms with van der Waals surface area (Å²) in [5.41, 5.74) is 0.697. The van der Waals surface area contributed by atoms with Gasteiger partial charge in [0.05, 0.1) is 17.2 Å². The molecule has 0 N–H and O–H groups in total. The van der Waals surface area contributed by atoms with Crippen molar-refractivity contribution in [2.24, 2.45) is 0 Å². The average Bonchev–Trinajstić information content (AvgIpc) is 2.26. The summed E-state index contributed by atoms with van der Waals surface area (Å²) in [6.45, 7) is 1.20. The predicted molar refractivity (Wildman–Crippen MR) is 68.4 cm³/mol. The number of ketones is 1. The number of Topliss-reactive ketones (excluding diaryl/α,β-unsaturated/α-hetero) is 1. The highest BCUT2D eigenvalue weighted by Crippen LogP contribution is 2.34. The van der Waals surface area contributed by atoms with E-state index in [0.717, 1.165) is 0 Å². The van der Waals surface area contributed by atoms with Crippen molar-refractivity contribution in [1.29, 1.82) is 0 Å². The molecule has 0 heterocycles. The van der Waals surface area contributed by atoms with Crippen molar-refractivity contribution in [3.63, 3.8) is 0 Å². The minimum absolute atomic E-state index is 0.00497. The first-order valence-corrected chi connectivity index (χ1v) is 5.86. The van der Waals surface area contributed by atoms with Gasteiger partial charge < -0.3 is 9.47 Å². The fourth-order valence-electron chi connectivity index (χ4n) is 1.33. The highest BCUT2D eigenvalue weighted by Gasteiger charge is 2.12. The Kier molecular flexibility index (Phi) is 5.44. The third kappa shape index (κ3) is 4.20. The van der Waals surface area contributed by atoms with Crippen molar-refractivity contribution in [2.45, 2.75) is 13.3 Å². The van der Waals surface area contributed by atoms with Gasteiger partial charge in [-0.2, -0.15) is 0 Å². The van der Waals surface area contributed by atoms with Crippen molar-refractivity contribution < 1.29 is 19.1 Å². The highest BCUT2D eigenvalue weighted by atomic mass is 35.5. The molecule has 0 aliphatic carbocycles. The molecule has 0 saturated carbocycles. The fraction of sp³-hybridized carbons (Fsp3) is 0.333. The first-order valence-electron chi connectivity index (χ1n) is 5.11. The molecule has 0 amide bonds. The van der Waals surface area contributed by atoms with Crippen LogP contribution in [0.4, 0.5) is 0 Å². The minimum atomic E-state index is -0.532. The van der Waals surface area contributed by atoms with E-state index in [1.165, 1.54) is 14.0 Å². The summed E-state index contributed by atoms with van der Waals surface area (Å²) in [5.74, 6) is -0.323. The number of carbonyl (C=O) groups is 2. The Morgan fingerprint density at radius 3 is 2.22 bits per heavy atom. The molecule has 0 unspecified atom stereocenters. The number of halogens is 2. The fourth-order valence-corrected chi connectivity index (χ4v) is 1.97. The summed E-state index contributed by atoms with van der Waals surface area (Å²) in [7, 11) is 1.25. The van der Waals surface area contributed by atoms with E-state index in [9.17, 15) is 9.59 Å². The van der Waals surface area contributed by atoms with Crippen molar-refractivity contribution >= 4 is 35.0 Å². The lowest BCUT2D eigenvalue weighted by Gasteiger charge is -2.10. The van der Waals surface area contributed by atoms with Crippen LogP contribution in [0.1, 0.15) is 12.5 Å². The summed E-state index contributed by atoms with van der Waals surface area (Å²) in [4.78, 5) is 21.9. The Labute approximate surface area is 115 Å². The number of esters is 1. The van der Waals surface area contributed by atoms with E-state index in [1.54, 1.807) is 12.1 Å². The normalized spacial score (nSPS) is 10.0. The SMILES string of the molecule is COC(=O)COc1c(Cl)cc(CC(C)=O)cc1Cl. The summed E-state index contributed by atoms with van der Waals surface area (Å²) < 4.78 is 9.59. The molecular weight excluding hydrogens is 279 g/mol. The van der Waals surface area contributed by atoms with Crippen LogP contribution in [0.3, 0.4) is 0 Å². The van der Waals surface area contributed by atoms with Crippen LogP contribution in [0.15, 0.2) is 12.1 Å². The highest BCUT2D eigenvalue weighted by molar-refractivity contribution is 6.37. The van der Waals surface area contributed by atoms with Crippen LogP contribution in [0, 0.1) is 0 Å². The van der Waals surface area contributed by atoms with Gasteiger partial charge in [-0.3, -0.25) is 4.79 Å². The zero-order valence-electron chi connectivity index (χ0n) is 9.96. The van der Waals surface area contributed by atoms with E-state index in [1.807, 2.05) is 0 Å². The van der Waals surface area contributed by atoms with Crippen LogP contribution in [-0.2, 0) is 20.7 Å². The molecule has 0 bridgehead atoms. The van der Waals surface area contributed by atoms with Gasteiger partial charge in [-0.1, -0.05) is 23.2 Å². The largest absolute Gasteiger partial charge is 0.479 e. The predicted octanol–water partition coefficient (Wildman–Crippen LogP) is 2.68. The summed E-state index contributed by atoms with van der Waals surface area (Å²) >= 11 is 11.9. The van der Waals surface area contributed by atoms with Gasteiger partial charge in [0.25, 0.3) is 0 Å². The first-order chi connectivity index (χ1) is 8.43. The van der Waals surface area contributed by atoms with Crippen LogP contribution in [0.2, 0.25) is 10.0 Å². The zero-order chi connectivity index (χ0) is 13.7. The lowest BCUT2D eigenvalue weighted by atomic mass is 10.1. The van der Waals surface area contributed by atoms with Gasteiger partial charge in [-0.15, -0.1) is 0 Å². The van der Waals surface area contributed by atoms with E-state index in [2.05, 4.69) is 4.74 Å². The van der Waals surface area contributed by atoms with Crippen LogP contribution in [-0.4, -0.2) is 25.5 Å². The summed E-state index contributed by atoms with van der Waals surface area (Å²) in [6.07, 6.45) is 0.247. The van der Waals surface area contributed by atoms with Gasteiger partial charge in [-0.25, -0.2) is 4.79 Å². The smallest absolute Gasteiger partial charge is 0.343 e. The molecule has 18 heavy (non-hydrogen) atoms. The molecule has 4 nitrogen and oxygen atoms in total. The molecule has 1 aromatic carbocycles. The molecular formula is C12H12Cl2O4. The molecule has 1 aromatic rings. The molecule has 0 aliphatic rings. The number of ether oxygens (including phenoxy) is 2. The number of rotatable bonds is 5. The van der Waals surface area contributed by atoms with Gasteiger partial charge in [0.1, 0.15) is 5.78 Å². The number of hydrogen-bond donors (Lipinski definition) is 0. The molecule has 98 valence electrons. The lowest BCUT2D eigenvalue weighted by Crippen LogP contribution is -2.13. The van der Waals surface area contributed by atoms with Crippen molar-refractivity contribution in [3.8, 4) is 5.75 Å². The standard InChI is InChI=1S/C12H12Cl2O4/c1-7(15)3-8-4-9(13)12(10(14)5-8)18-6-11(16)17-2/h4-5H,3,6H2,1-2H3. The van der Waals surface area contributed by atoms with Gasteiger partial charge >= 0.3 is 5.97 Å². The van der Waals surface area contributed by atoms with E-state index >= 15 is 0 Å². The van der Waals surface area contributed by atoms with Crippen LogP contribution >= 0.6 is 23.2 Å². The molecule has 0 spiro atoms. The van der Waals surface area contributed by atoms with Crippen LogP contribution in [0.25, 0.3) is 0 Å². The maximum absolute atomic E-state index is 11.0. The minimum Gasteiger partial charge on any atom is -0.479 e. The molecule has 0 aliphatic heterocycles. The Bertz CT molecular complexity index is 448. The second-order valence-corrected chi connectivity index (χ2v) is 4.45. The van der Waals surface area contributed by atoms with Gasteiger partial charge in [0.15, 0.2) is 12.4 Å². The average molecular weight is 291 g/mol. The monoisotopic (exact) mass is 290 g/mol. The molecule has 0 fully saturated rings. The maximum Gasteiger partial charge on any atom is 0.343 e. The molecule has 0 saturated heterocycles. The molecule has 1 rings (SSSR count). The van der Waals surface area contributed by atoms with Crippen LogP contribution < -0.4 is 4.74 Å². The van der Waals surface area contributed by atoms with E-state index in [-0.39, 0.29) is 34.6 Å². The maximum atomic E-state index is 11.0. The quantitative estimate of drug-likeness (QED) is 0.783. The Balaban J connectivity index is 2.87. The number of hydrogen-bond acceptors (Lipinski definition) is 4. The Morgan fingerprint density at radius 2 is 1.78 bits per heavy atom. The summed E-state index contributed by atoms with van der Waals surface area (Å²) in [6, 6.07) is 3.17. The molecule has 0 atom stereocenters. The van der Waals surface area contributed by atoms with E-state index < -0.39 is 5.97 Å². The van der Waals surface area contributed by atoms with Gasteiger partial charge in [0, 0.05) is 6.42 Å². The third-order valence-corrected chi connectivity index (χ3v) is 2.63. The van der Waals surface area contributed by atoms with E-state index in [4.69, 9.17) is 27.9 Å². The van der Waals surface area contributed by atoms with E-state index in [0.29, 0.717) is 5.56 Å². The zero-order valence-corrected chi connectivity index (χ0v) is 11.5. The van der Waals surface area contributed by atoms with Crippen molar-refractivity contribution in [2.75, 3.05) is 13.7 Å². The number of benzene rings is 1. The van der Waals surface area contributed by atoms with Crippen molar-refractivity contribution in [3.05, 3.63) is 27.7 Å². The second-order valence-electron chi connectivity index (χ2n) is 3.63.